The number of halogens is 1. The fraction of sp³-hybridized carbons (Fsp3) is 0.364. The van der Waals surface area contributed by atoms with E-state index >= 15 is 0 Å². The number of nitrogens with zero attached hydrogens (tertiary/aromatic N) is 2. The number of anilines is 1. The molecular formula is C11H13ClN4O. The number of hydrogen-bond donors (Lipinski definition) is 2. The molecular weight excluding hydrogens is 240 g/mol. The minimum atomic E-state index is -0.560. The van der Waals surface area contributed by atoms with Crippen LogP contribution in [0.3, 0.4) is 0 Å². The quantitative estimate of drug-likeness (QED) is 0.803. The van der Waals surface area contributed by atoms with Crippen LogP contribution in [0.1, 0.15) is 29.6 Å². The van der Waals surface area contributed by atoms with Crippen molar-refractivity contribution in [3.63, 3.8) is 0 Å². The van der Waals surface area contributed by atoms with Crippen LogP contribution in [0.4, 0.5) is 5.82 Å². The van der Waals surface area contributed by atoms with E-state index in [1.807, 2.05) is 0 Å². The molecule has 1 atom stereocenters. The Morgan fingerprint density at radius 2 is 2.29 bits per heavy atom. The van der Waals surface area contributed by atoms with Gasteiger partial charge in [0.15, 0.2) is 11.0 Å². The van der Waals surface area contributed by atoms with Crippen molar-refractivity contribution in [1.29, 1.82) is 0 Å². The van der Waals surface area contributed by atoms with Crippen molar-refractivity contribution in [2.75, 3.05) is 5.32 Å². The lowest BCUT2D eigenvalue weighted by Crippen LogP contribution is -2.24. The zero-order chi connectivity index (χ0) is 12.3. The average molecular weight is 253 g/mol. The third-order valence-corrected chi connectivity index (χ3v) is 2.82. The van der Waals surface area contributed by atoms with Crippen LogP contribution in [0.25, 0.3) is 0 Å². The molecule has 0 radical (unpaired) electrons. The zero-order valence-electron chi connectivity index (χ0n) is 9.19. The molecule has 3 N–H and O–H groups in total. The molecule has 0 saturated heterocycles. The first-order valence-electron chi connectivity index (χ1n) is 5.41. The molecule has 2 rings (SSSR count). The van der Waals surface area contributed by atoms with Crippen LogP contribution >= 0.6 is 11.6 Å². The standard InChI is InChI=1S/C11H13ClN4O/c12-9-6-8(10(13)17)11(16-15-9)14-7-4-2-1-3-5-7/h1-2,6-7H,3-5H2,(H2,13,17)(H,14,16). The Hall–Kier alpha value is -1.62. The monoisotopic (exact) mass is 252 g/mol. The number of amides is 1. The van der Waals surface area contributed by atoms with E-state index in [0.29, 0.717) is 5.82 Å². The first-order chi connectivity index (χ1) is 8.16. The van der Waals surface area contributed by atoms with Crippen LogP contribution in [0.5, 0.6) is 0 Å². The van der Waals surface area contributed by atoms with E-state index in [0.717, 1.165) is 19.3 Å². The third kappa shape index (κ3) is 2.94. The highest BCUT2D eigenvalue weighted by molar-refractivity contribution is 6.29. The summed E-state index contributed by atoms with van der Waals surface area (Å²) in [6, 6.07) is 1.69. The van der Waals surface area contributed by atoms with E-state index in [9.17, 15) is 4.79 Å². The maximum absolute atomic E-state index is 11.3. The van der Waals surface area contributed by atoms with Gasteiger partial charge in [0.25, 0.3) is 5.91 Å². The summed E-state index contributed by atoms with van der Waals surface area (Å²) >= 11 is 5.68. The maximum atomic E-state index is 11.3. The molecule has 17 heavy (non-hydrogen) atoms. The lowest BCUT2D eigenvalue weighted by Gasteiger charge is -2.20. The smallest absolute Gasteiger partial charge is 0.252 e. The Kier molecular flexibility index (Phi) is 3.58. The molecule has 1 heterocycles. The Morgan fingerprint density at radius 3 is 2.94 bits per heavy atom. The number of aromatic nitrogens is 2. The van der Waals surface area contributed by atoms with E-state index < -0.39 is 5.91 Å². The van der Waals surface area contributed by atoms with Gasteiger partial charge in [-0.3, -0.25) is 4.79 Å². The molecule has 5 nitrogen and oxygen atoms in total. The van der Waals surface area contributed by atoms with Crippen LogP contribution < -0.4 is 11.1 Å². The lowest BCUT2D eigenvalue weighted by molar-refractivity contribution is 0.100. The van der Waals surface area contributed by atoms with Gasteiger partial charge in [-0.15, -0.1) is 10.2 Å². The molecule has 0 bridgehead atoms. The largest absolute Gasteiger partial charge is 0.365 e. The van der Waals surface area contributed by atoms with Gasteiger partial charge in [-0.25, -0.2) is 0 Å². The Morgan fingerprint density at radius 1 is 1.47 bits per heavy atom. The summed E-state index contributed by atoms with van der Waals surface area (Å²) < 4.78 is 0. The van der Waals surface area contributed by atoms with E-state index in [2.05, 4.69) is 27.7 Å². The van der Waals surface area contributed by atoms with Crippen molar-refractivity contribution in [2.45, 2.75) is 25.3 Å². The van der Waals surface area contributed by atoms with Crippen LogP contribution in [0.2, 0.25) is 5.15 Å². The molecule has 1 aliphatic carbocycles. The van der Waals surface area contributed by atoms with Crippen molar-refractivity contribution < 1.29 is 4.79 Å². The number of primary amides is 1. The van der Waals surface area contributed by atoms with Crippen LogP contribution in [0, 0.1) is 0 Å². The minimum Gasteiger partial charge on any atom is -0.365 e. The first-order valence-corrected chi connectivity index (χ1v) is 5.79. The minimum absolute atomic E-state index is 0.160. The third-order valence-electron chi connectivity index (χ3n) is 2.64. The molecule has 0 spiro atoms. The molecule has 1 amide bonds. The highest BCUT2D eigenvalue weighted by Gasteiger charge is 2.16. The van der Waals surface area contributed by atoms with E-state index in [1.165, 1.54) is 6.07 Å². The molecule has 0 aliphatic heterocycles. The van der Waals surface area contributed by atoms with Gasteiger partial charge in [0.05, 0.1) is 5.56 Å². The number of rotatable bonds is 3. The molecule has 1 aliphatic rings. The van der Waals surface area contributed by atoms with Gasteiger partial charge in [-0.2, -0.15) is 0 Å². The van der Waals surface area contributed by atoms with Crippen molar-refractivity contribution >= 4 is 23.3 Å². The van der Waals surface area contributed by atoms with Crippen LogP contribution in [-0.2, 0) is 0 Å². The Balaban J connectivity index is 2.19. The van der Waals surface area contributed by atoms with Crippen LogP contribution in [0.15, 0.2) is 18.2 Å². The van der Waals surface area contributed by atoms with Crippen molar-refractivity contribution in [3.8, 4) is 0 Å². The van der Waals surface area contributed by atoms with Gasteiger partial charge in [0.1, 0.15) is 0 Å². The van der Waals surface area contributed by atoms with E-state index in [1.54, 1.807) is 0 Å². The van der Waals surface area contributed by atoms with Gasteiger partial charge in [0.2, 0.25) is 0 Å². The zero-order valence-corrected chi connectivity index (χ0v) is 9.94. The van der Waals surface area contributed by atoms with Gasteiger partial charge in [-0.05, 0) is 25.3 Å². The highest BCUT2D eigenvalue weighted by atomic mass is 35.5. The molecule has 1 aromatic rings. The second-order valence-corrected chi connectivity index (χ2v) is 4.31. The summed E-state index contributed by atoms with van der Waals surface area (Å²) in [5.41, 5.74) is 5.55. The van der Waals surface area contributed by atoms with Gasteiger partial charge in [0, 0.05) is 6.04 Å². The second-order valence-electron chi connectivity index (χ2n) is 3.92. The number of carbonyl (C=O) groups excluding carboxylic acids is 1. The van der Waals surface area contributed by atoms with Crippen LogP contribution in [-0.4, -0.2) is 22.1 Å². The average Bonchev–Trinajstić information content (AvgIpc) is 2.32. The summed E-state index contributed by atoms with van der Waals surface area (Å²) in [6.07, 6.45) is 7.17. The summed E-state index contributed by atoms with van der Waals surface area (Å²) in [6.45, 7) is 0. The van der Waals surface area contributed by atoms with Crippen molar-refractivity contribution in [1.82, 2.24) is 10.2 Å². The Bertz CT molecular complexity index is 461. The summed E-state index contributed by atoms with van der Waals surface area (Å²) in [5, 5.41) is 10.9. The highest BCUT2D eigenvalue weighted by Crippen LogP contribution is 2.19. The number of carbonyl (C=O) groups is 1. The number of nitrogens with two attached hydrogens (primary N) is 1. The topological polar surface area (TPSA) is 80.9 Å². The first kappa shape index (κ1) is 11.9. The van der Waals surface area contributed by atoms with Crippen molar-refractivity contribution in [2.24, 2.45) is 5.73 Å². The predicted molar refractivity (Wildman–Crippen MR) is 66.0 cm³/mol. The maximum Gasteiger partial charge on any atom is 0.252 e. The Labute approximate surface area is 104 Å². The summed E-state index contributed by atoms with van der Waals surface area (Å²) in [7, 11) is 0. The second kappa shape index (κ2) is 5.14. The molecule has 0 aromatic carbocycles. The molecule has 0 saturated carbocycles. The molecule has 1 unspecified atom stereocenters. The number of hydrogen-bond acceptors (Lipinski definition) is 4. The lowest BCUT2D eigenvalue weighted by atomic mass is 10.0. The normalized spacial score (nSPS) is 19.0. The van der Waals surface area contributed by atoms with E-state index in [-0.39, 0.29) is 16.8 Å². The molecule has 1 aromatic heterocycles. The fourth-order valence-corrected chi connectivity index (χ4v) is 1.93. The predicted octanol–water partition coefficient (Wildman–Crippen LogP) is 1.75. The van der Waals surface area contributed by atoms with Crippen molar-refractivity contribution in [3.05, 3.63) is 28.9 Å². The van der Waals surface area contributed by atoms with Gasteiger partial charge >= 0.3 is 0 Å². The number of allylic oxidation sites excluding steroid dienone is 1. The van der Waals surface area contributed by atoms with Gasteiger partial charge in [-0.1, -0.05) is 23.8 Å². The molecule has 0 fully saturated rings. The molecule has 6 heteroatoms. The van der Waals surface area contributed by atoms with Gasteiger partial charge < -0.3 is 11.1 Å². The summed E-state index contributed by atoms with van der Waals surface area (Å²) in [5.74, 6) is -0.155. The number of nitrogens with one attached hydrogen (secondary N) is 1. The fourth-order valence-electron chi connectivity index (χ4n) is 1.78. The van der Waals surface area contributed by atoms with E-state index in [4.69, 9.17) is 17.3 Å². The molecule has 90 valence electrons. The SMILES string of the molecule is NC(=O)c1cc(Cl)nnc1NC1CC=CCC1. The summed E-state index contributed by atoms with van der Waals surface area (Å²) in [4.78, 5) is 11.3.